The zero-order valence-corrected chi connectivity index (χ0v) is 18.9. The molecule has 2 aromatic carbocycles. The number of benzene rings is 2. The number of carbonyl (C=O) groups excluding carboxylic acids is 1. The Morgan fingerprint density at radius 1 is 1.17 bits per heavy atom. The van der Waals surface area contributed by atoms with E-state index in [0.717, 1.165) is 0 Å². The standard InChI is InChI=1S/C22H24FN3O2S2/c1-14(28-17-11-9-16(10-12-17)22(2,3)4)19(27)24-20-25-26-21(30-20)29-13-15-7-5-6-8-18(15)23/h5-12,14H,13H2,1-4H3,(H,24,25,27). The number of aromatic nitrogens is 2. The summed E-state index contributed by atoms with van der Waals surface area (Å²) in [6, 6.07) is 14.4. The molecule has 0 saturated carbocycles. The molecule has 5 nitrogen and oxygen atoms in total. The highest BCUT2D eigenvalue weighted by Crippen LogP contribution is 2.29. The minimum Gasteiger partial charge on any atom is -0.481 e. The summed E-state index contributed by atoms with van der Waals surface area (Å²) in [7, 11) is 0. The molecule has 0 saturated heterocycles. The lowest BCUT2D eigenvalue weighted by Crippen LogP contribution is -2.30. The number of anilines is 1. The molecule has 0 radical (unpaired) electrons. The fourth-order valence-electron chi connectivity index (χ4n) is 2.57. The lowest BCUT2D eigenvalue weighted by atomic mass is 9.87. The second-order valence-electron chi connectivity index (χ2n) is 7.78. The predicted molar refractivity (Wildman–Crippen MR) is 120 cm³/mol. The Morgan fingerprint density at radius 3 is 2.53 bits per heavy atom. The van der Waals surface area contributed by atoms with E-state index in [9.17, 15) is 9.18 Å². The van der Waals surface area contributed by atoms with Gasteiger partial charge in [-0.1, -0.05) is 74.2 Å². The summed E-state index contributed by atoms with van der Waals surface area (Å²) in [4.78, 5) is 12.4. The van der Waals surface area contributed by atoms with E-state index in [1.54, 1.807) is 25.1 Å². The number of nitrogens with zero attached hydrogens (tertiary/aromatic N) is 2. The molecule has 1 N–H and O–H groups in total. The van der Waals surface area contributed by atoms with Crippen LogP contribution in [-0.4, -0.2) is 22.2 Å². The van der Waals surface area contributed by atoms with E-state index in [2.05, 4.69) is 36.3 Å². The number of ether oxygens (including phenoxy) is 1. The maximum atomic E-state index is 13.7. The van der Waals surface area contributed by atoms with E-state index in [0.29, 0.717) is 26.5 Å². The van der Waals surface area contributed by atoms with Gasteiger partial charge >= 0.3 is 0 Å². The van der Waals surface area contributed by atoms with Crippen LogP contribution in [0, 0.1) is 5.82 Å². The van der Waals surface area contributed by atoms with E-state index >= 15 is 0 Å². The van der Waals surface area contributed by atoms with Gasteiger partial charge in [0.25, 0.3) is 5.91 Å². The molecular formula is C22H24FN3O2S2. The summed E-state index contributed by atoms with van der Waals surface area (Å²) in [5.74, 6) is 0.518. The fraction of sp³-hybridized carbons (Fsp3) is 0.318. The molecular weight excluding hydrogens is 421 g/mol. The number of carbonyl (C=O) groups is 1. The van der Waals surface area contributed by atoms with Gasteiger partial charge in [0.05, 0.1) is 0 Å². The maximum Gasteiger partial charge on any atom is 0.266 e. The van der Waals surface area contributed by atoms with Gasteiger partial charge in [-0.25, -0.2) is 4.39 Å². The first-order chi connectivity index (χ1) is 14.2. The zero-order chi connectivity index (χ0) is 21.7. The second-order valence-corrected chi connectivity index (χ2v) is 9.98. The number of hydrogen-bond donors (Lipinski definition) is 1. The molecule has 1 aromatic heterocycles. The van der Waals surface area contributed by atoms with Crippen LogP contribution >= 0.6 is 23.1 Å². The van der Waals surface area contributed by atoms with Crippen LogP contribution in [0.15, 0.2) is 52.9 Å². The molecule has 1 unspecified atom stereocenters. The SMILES string of the molecule is CC(Oc1ccc(C(C)(C)C)cc1)C(=O)Nc1nnc(SCc2ccccc2F)s1. The van der Waals surface area contributed by atoms with Crippen molar-refractivity contribution in [2.24, 2.45) is 0 Å². The van der Waals surface area contributed by atoms with Crippen LogP contribution in [0.4, 0.5) is 9.52 Å². The number of amides is 1. The number of halogens is 1. The number of hydrogen-bond acceptors (Lipinski definition) is 6. The number of rotatable bonds is 7. The molecule has 1 atom stereocenters. The molecule has 0 aliphatic heterocycles. The predicted octanol–water partition coefficient (Wildman–Crippen LogP) is 5.67. The molecule has 30 heavy (non-hydrogen) atoms. The third kappa shape index (κ3) is 6.03. The largest absolute Gasteiger partial charge is 0.481 e. The first-order valence-electron chi connectivity index (χ1n) is 9.50. The van der Waals surface area contributed by atoms with E-state index in [1.807, 2.05) is 24.3 Å². The first kappa shape index (κ1) is 22.2. The molecule has 0 aliphatic carbocycles. The monoisotopic (exact) mass is 445 g/mol. The van der Waals surface area contributed by atoms with Crippen LogP contribution in [0.2, 0.25) is 0 Å². The molecule has 3 rings (SSSR count). The van der Waals surface area contributed by atoms with Crippen LogP contribution in [0.5, 0.6) is 5.75 Å². The van der Waals surface area contributed by atoms with Crippen LogP contribution in [0.3, 0.4) is 0 Å². The lowest BCUT2D eigenvalue weighted by molar-refractivity contribution is -0.122. The van der Waals surface area contributed by atoms with E-state index in [-0.39, 0.29) is 17.1 Å². The van der Waals surface area contributed by atoms with Crippen molar-refractivity contribution in [1.82, 2.24) is 10.2 Å². The topological polar surface area (TPSA) is 64.1 Å². The van der Waals surface area contributed by atoms with Crippen molar-refractivity contribution < 1.29 is 13.9 Å². The summed E-state index contributed by atoms with van der Waals surface area (Å²) in [6.07, 6.45) is -0.691. The quantitative estimate of drug-likeness (QED) is 0.375. The summed E-state index contributed by atoms with van der Waals surface area (Å²) in [5, 5.41) is 11.1. The minimum atomic E-state index is -0.691. The summed E-state index contributed by atoms with van der Waals surface area (Å²) in [6.45, 7) is 8.11. The average molecular weight is 446 g/mol. The van der Waals surface area contributed by atoms with Crippen molar-refractivity contribution in [2.75, 3.05) is 5.32 Å². The second kappa shape index (κ2) is 9.57. The van der Waals surface area contributed by atoms with Gasteiger partial charge in [0.15, 0.2) is 10.4 Å². The van der Waals surface area contributed by atoms with Crippen molar-refractivity contribution >= 4 is 34.1 Å². The number of thioether (sulfide) groups is 1. The smallest absolute Gasteiger partial charge is 0.266 e. The Morgan fingerprint density at radius 2 is 1.87 bits per heavy atom. The highest BCUT2D eigenvalue weighted by molar-refractivity contribution is 8.00. The van der Waals surface area contributed by atoms with E-state index < -0.39 is 6.10 Å². The highest BCUT2D eigenvalue weighted by Gasteiger charge is 2.18. The summed E-state index contributed by atoms with van der Waals surface area (Å²) < 4.78 is 20.1. The Kier molecular flexibility index (Phi) is 7.10. The van der Waals surface area contributed by atoms with Crippen LogP contribution < -0.4 is 10.1 Å². The molecule has 0 aliphatic rings. The van der Waals surface area contributed by atoms with Gasteiger partial charge in [0.2, 0.25) is 5.13 Å². The van der Waals surface area contributed by atoms with Gasteiger partial charge in [-0.05, 0) is 41.7 Å². The van der Waals surface area contributed by atoms with Crippen molar-refractivity contribution in [1.29, 1.82) is 0 Å². The van der Waals surface area contributed by atoms with Crippen molar-refractivity contribution in [3.05, 3.63) is 65.5 Å². The van der Waals surface area contributed by atoms with Crippen molar-refractivity contribution in [3.63, 3.8) is 0 Å². The minimum absolute atomic E-state index is 0.0569. The van der Waals surface area contributed by atoms with Crippen LogP contribution in [0.1, 0.15) is 38.8 Å². The Balaban J connectivity index is 1.52. The van der Waals surface area contributed by atoms with Crippen molar-refractivity contribution in [3.8, 4) is 5.75 Å². The summed E-state index contributed by atoms with van der Waals surface area (Å²) >= 11 is 2.62. The zero-order valence-electron chi connectivity index (χ0n) is 17.3. The third-order valence-electron chi connectivity index (χ3n) is 4.35. The molecule has 1 amide bonds. The van der Waals surface area contributed by atoms with Crippen LogP contribution in [-0.2, 0) is 16.0 Å². The van der Waals surface area contributed by atoms with Gasteiger partial charge in [0.1, 0.15) is 11.6 Å². The van der Waals surface area contributed by atoms with Gasteiger partial charge in [-0.15, -0.1) is 10.2 Å². The molecule has 3 aromatic rings. The normalized spacial score (nSPS) is 12.4. The molecule has 8 heteroatoms. The van der Waals surface area contributed by atoms with Crippen LogP contribution in [0.25, 0.3) is 0 Å². The van der Waals surface area contributed by atoms with Gasteiger partial charge in [-0.3, -0.25) is 10.1 Å². The Labute approximate surface area is 184 Å². The van der Waals surface area contributed by atoms with E-state index in [1.165, 1.54) is 34.7 Å². The lowest BCUT2D eigenvalue weighted by Gasteiger charge is -2.20. The average Bonchev–Trinajstić information content (AvgIpc) is 3.14. The van der Waals surface area contributed by atoms with Gasteiger partial charge in [-0.2, -0.15) is 0 Å². The highest BCUT2D eigenvalue weighted by atomic mass is 32.2. The molecule has 0 bridgehead atoms. The first-order valence-corrected chi connectivity index (χ1v) is 11.3. The van der Waals surface area contributed by atoms with Crippen molar-refractivity contribution in [2.45, 2.75) is 49.3 Å². The maximum absolute atomic E-state index is 13.7. The fourth-order valence-corrected chi connectivity index (χ4v) is 4.31. The molecule has 0 spiro atoms. The van der Waals surface area contributed by atoms with E-state index in [4.69, 9.17) is 4.74 Å². The van der Waals surface area contributed by atoms with Gasteiger partial charge < -0.3 is 4.74 Å². The molecule has 1 heterocycles. The Bertz CT molecular complexity index is 1000. The molecule has 0 fully saturated rings. The third-order valence-corrected chi connectivity index (χ3v) is 6.37. The molecule has 158 valence electrons. The summed E-state index contributed by atoms with van der Waals surface area (Å²) in [5.41, 5.74) is 1.85. The number of nitrogens with one attached hydrogen (secondary N) is 1. The Hall–Kier alpha value is -2.45. The van der Waals surface area contributed by atoms with Gasteiger partial charge in [0, 0.05) is 5.75 Å².